The monoisotopic (exact) mass is 416 g/mol. The number of carbonyl (C=O) groups excluding carboxylic acids is 2. The smallest absolute Gasteiger partial charge is 0.286 e. The molecule has 1 saturated heterocycles. The molecule has 9 heteroatoms. The molecule has 0 unspecified atom stereocenters. The lowest BCUT2D eigenvalue weighted by Gasteiger charge is -2.31. The minimum Gasteiger partial charge on any atom is -0.454 e. The molecule has 29 heavy (non-hydrogen) atoms. The number of nitrogens with one attached hydrogen (secondary N) is 1. The molecule has 0 radical (unpaired) electrons. The van der Waals surface area contributed by atoms with Gasteiger partial charge in [0.2, 0.25) is 17.7 Å². The molecule has 4 rings (SSSR count). The van der Waals surface area contributed by atoms with Gasteiger partial charge in [-0.2, -0.15) is 0 Å². The van der Waals surface area contributed by atoms with Crippen molar-refractivity contribution in [1.29, 1.82) is 0 Å². The predicted molar refractivity (Wildman–Crippen MR) is 108 cm³/mol. The lowest BCUT2D eigenvalue weighted by molar-refractivity contribution is -0.133. The zero-order valence-corrected chi connectivity index (χ0v) is 17.3. The third-order valence-corrected chi connectivity index (χ3v) is 6.13. The van der Waals surface area contributed by atoms with Gasteiger partial charge in [-0.05, 0) is 30.9 Å². The first kappa shape index (κ1) is 19.6. The topological polar surface area (TPSA) is 93.7 Å². The number of nitrogens with zero attached hydrogens (tertiary/aromatic N) is 3. The van der Waals surface area contributed by atoms with E-state index in [1.165, 1.54) is 11.3 Å². The maximum atomic E-state index is 12.5. The summed E-state index contributed by atoms with van der Waals surface area (Å²) in [6.45, 7) is 5.77. The van der Waals surface area contributed by atoms with E-state index in [2.05, 4.69) is 29.4 Å². The Bertz CT molecular complexity index is 906. The molecule has 0 atom stereocenters. The lowest BCUT2D eigenvalue weighted by Crippen LogP contribution is -2.38. The second kappa shape index (κ2) is 8.36. The van der Waals surface area contributed by atoms with Gasteiger partial charge in [0.25, 0.3) is 5.91 Å². The van der Waals surface area contributed by atoms with E-state index >= 15 is 0 Å². The number of anilines is 1. The minimum atomic E-state index is -0.294. The van der Waals surface area contributed by atoms with Crippen molar-refractivity contribution in [3.63, 3.8) is 0 Å². The maximum Gasteiger partial charge on any atom is 0.286 e. The predicted octanol–water partition coefficient (Wildman–Crippen LogP) is 3.27. The van der Waals surface area contributed by atoms with Crippen molar-refractivity contribution in [3.8, 4) is 11.5 Å². The molecule has 2 aliphatic heterocycles. The summed E-state index contributed by atoms with van der Waals surface area (Å²) in [5.41, 5.74) is 0.618. The number of likely N-dealkylation sites (tertiary alicyclic amines) is 1. The third-order valence-electron chi connectivity index (χ3n) is 5.05. The molecule has 0 aliphatic carbocycles. The number of amides is 2. The second-order valence-electron chi connectivity index (χ2n) is 7.72. The van der Waals surface area contributed by atoms with Gasteiger partial charge in [-0.15, -0.1) is 10.2 Å². The standard InChI is InChI=1S/C20H24N4O4S/c1-12(2)9-17(25)24-7-5-13(6-8-24)19-22-23-20(29-19)18(26)21-14-3-4-15-16(10-14)28-11-27-15/h3-4,10,12-13H,5-9,11H2,1-2H3,(H,21,26). The van der Waals surface area contributed by atoms with Crippen LogP contribution in [-0.4, -0.2) is 46.8 Å². The van der Waals surface area contributed by atoms with E-state index in [4.69, 9.17) is 9.47 Å². The summed E-state index contributed by atoms with van der Waals surface area (Å²) in [5.74, 6) is 1.81. The molecule has 1 fully saturated rings. The first-order valence-electron chi connectivity index (χ1n) is 9.82. The number of carbonyl (C=O) groups is 2. The number of aromatic nitrogens is 2. The molecule has 1 aromatic carbocycles. The van der Waals surface area contributed by atoms with Gasteiger partial charge in [-0.25, -0.2) is 0 Å². The summed E-state index contributed by atoms with van der Waals surface area (Å²) in [4.78, 5) is 26.7. The highest BCUT2D eigenvalue weighted by Gasteiger charge is 2.27. The summed E-state index contributed by atoms with van der Waals surface area (Å²) in [6, 6.07) is 5.25. The molecule has 0 saturated carbocycles. The van der Waals surface area contributed by atoms with Gasteiger partial charge in [-0.1, -0.05) is 25.2 Å². The van der Waals surface area contributed by atoms with E-state index in [-0.39, 0.29) is 24.5 Å². The van der Waals surface area contributed by atoms with Gasteiger partial charge in [0, 0.05) is 37.2 Å². The van der Waals surface area contributed by atoms with Gasteiger partial charge in [0.05, 0.1) is 0 Å². The quantitative estimate of drug-likeness (QED) is 0.804. The minimum absolute atomic E-state index is 0.189. The van der Waals surface area contributed by atoms with Crippen molar-refractivity contribution < 1.29 is 19.1 Å². The molecule has 2 aromatic rings. The Morgan fingerprint density at radius 3 is 2.72 bits per heavy atom. The number of rotatable bonds is 5. The first-order chi connectivity index (χ1) is 14.0. The highest BCUT2D eigenvalue weighted by atomic mass is 32.1. The number of hydrogen-bond acceptors (Lipinski definition) is 7. The van der Waals surface area contributed by atoms with Crippen molar-refractivity contribution in [2.24, 2.45) is 5.92 Å². The van der Waals surface area contributed by atoms with Crippen molar-refractivity contribution in [3.05, 3.63) is 28.2 Å². The molecular formula is C20H24N4O4S. The zero-order chi connectivity index (χ0) is 20.4. The van der Waals surface area contributed by atoms with E-state index < -0.39 is 0 Å². The summed E-state index contributed by atoms with van der Waals surface area (Å²) in [5, 5.41) is 12.3. The van der Waals surface area contributed by atoms with Crippen LogP contribution in [-0.2, 0) is 4.79 Å². The molecule has 154 valence electrons. The lowest BCUT2D eigenvalue weighted by atomic mass is 9.97. The average molecular weight is 417 g/mol. The number of benzene rings is 1. The molecule has 0 spiro atoms. The SMILES string of the molecule is CC(C)CC(=O)N1CCC(c2nnc(C(=O)Nc3ccc4c(c3)OCO4)s2)CC1. The van der Waals surface area contributed by atoms with Crippen LogP contribution in [0.4, 0.5) is 5.69 Å². The van der Waals surface area contributed by atoms with Crippen LogP contribution in [0.2, 0.25) is 0 Å². The van der Waals surface area contributed by atoms with Crippen LogP contribution >= 0.6 is 11.3 Å². The van der Waals surface area contributed by atoms with Gasteiger partial charge >= 0.3 is 0 Å². The summed E-state index contributed by atoms with van der Waals surface area (Å²) in [7, 11) is 0. The number of fused-ring (bicyclic) bond motifs is 1. The molecule has 0 bridgehead atoms. The molecule has 1 aromatic heterocycles. The van der Waals surface area contributed by atoms with Gasteiger partial charge in [-0.3, -0.25) is 9.59 Å². The summed E-state index contributed by atoms with van der Waals surface area (Å²) < 4.78 is 10.6. The van der Waals surface area contributed by atoms with E-state index in [0.717, 1.165) is 30.9 Å². The number of hydrogen-bond donors (Lipinski definition) is 1. The largest absolute Gasteiger partial charge is 0.454 e. The normalized spacial score (nSPS) is 16.3. The summed E-state index contributed by atoms with van der Waals surface area (Å²) in [6.07, 6.45) is 2.29. The van der Waals surface area contributed by atoms with Crippen LogP contribution in [0.15, 0.2) is 18.2 Å². The molecule has 2 amide bonds. The number of ether oxygens (including phenoxy) is 2. The van der Waals surface area contributed by atoms with Gasteiger partial charge < -0.3 is 19.7 Å². The van der Waals surface area contributed by atoms with Crippen LogP contribution in [0.5, 0.6) is 11.5 Å². The fraction of sp³-hybridized carbons (Fsp3) is 0.500. The van der Waals surface area contributed by atoms with E-state index in [0.29, 0.717) is 34.5 Å². The van der Waals surface area contributed by atoms with Crippen LogP contribution in [0.25, 0.3) is 0 Å². The van der Waals surface area contributed by atoms with Crippen LogP contribution < -0.4 is 14.8 Å². The Hall–Kier alpha value is -2.68. The van der Waals surface area contributed by atoms with Crippen molar-refractivity contribution in [2.45, 2.75) is 39.0 Å². The van der Waals surface area contributed by atoms with Crippen LogP contribution in [0.1, 0.15) is 53.8 Å². The summed E-state index contributed by atoms with van der Waals surface area (Å²) >= 11 is 1.32. The van der Waals surface area contributed by atoms with E-state index in [1.807, 2.05) is 4.90 Å². The Balaban J connectivity index is 1.34. The highest BCUT2D eigenvalue weighted by molar-refractivity contribution is 7.13. The third kappa shape index (κ3) is 4.50. The van der Waals surface area contributed by atoms with E-state index in [9.17, 15) is 9.59 Å². The fourth-order valence-electron chi connectivity index (χ4n) is 3.50. The van der Waals surface area contributed by atoms with Gasteiger partial charge in [0.15, 0.2) is 11.5 Å². The first-order valence-corrected chi connectivity index (χ1v) is 10.6. The molecule has 1 N–H and O–H groups in total. The Kier molecular flexibility index (Phi) is 5.66. The van der Waals surface area contributed by atoms with Crippen LogP contribution in [0, 0.1) is 5.92 Å². The Morgan fingerprint density at radius 2 is 1.97 bits per heavy atom. The van der Waals surface area contributed by atoms with E-state index in [1.54, 1.807) is 18.2 Å². The van der Waals surface area contributed by atoms with Crippen molar-refractivity contribution in [1.82, 2.24) is 15.1 Å². The Morgan fingerprint density at radius 1 is 1.21 bits per heavy atom. The van der Waals surface area contributed by atoms with Crippen molar-refractivity contribution >= 4 is 28.8 Å². The average Bonchev–Trinajstić information content (AvgIpc) is 3.37. The zero-order valence-electron chi connectivity index (χ0n) is 16.5. The van der Waals surface area contributed by atoms with Gasteiger partial charge in [0.1, 0.15) is 5.01 Å². The molecule has 8 nitrogen and oxygen atoms in total. The maximum absolute atomic E-state index is 12.5. The van der Waals surface area contributed by atoms with Crippen LogP contribution in [0.3, 0.4) is 0 Å². The highest BCUT2D eigenvalue weighted by Crippen LogP contribution is 2.35. The number of piperidine rings is 1. The second-order valence-corrected chi connectivity index (χ2v) is 8.73. The molecule has 2 aliphatic rings. The molecule has 3 heterocycles. The Labute approximate surface area is 173 Å². The fourth-order valence-corrected chi connectivity index (χ4v) is 4.41. The molecular weight excluding hydrogens is 392 g/mol. The van der Waals surface area contributed by atoms with Crippen molar-refractivity contribution in [2.75, 3.05) is 25.2 Å².